The third kappa shape index (κ3) is 7.02. The van der Waals surface area contributed by atoms with Crippen LogP contribution < -0.4 is 0 Å². The van der Waals surface area contributed by atoms with Gasteiger partial charge in [-0.05, 0) is 75.8 Å². The number of aromatic nitrogens is 1. The molecule has 1 heterocycles. The summed E-state index contributed by atoms with van der Waals surface area (Å²) in [4.78, 5) is 14.8. The second-order valence-corrected chi connectivity index (χ2v) is 10.5. The average molecular weight is 734 g/mol. The predicted octanol–water partition coefficient (Wildman–Crippen LogP) is 9.91. The molecule has 0 atom stereocenters. The Kier molecular flexibility index (Phi) is 7.99. The molecule has 0 aliphatic heterocycles. The molecule has 0 spiro atoms. The quantitative estimate of drug-likeness (QED) is 0.0831. The number of ketones is 1. The van der Waals surface area contributed by atoms with Crippen molar-refractivity contribution in [3.05, 3.63) is 127 Å². The van der Waals surface area contributed by atoms with E-state index in [4.69, 9.17) is 16.9 Å². The zero-order valence-corrected chi connectivity index (χ0v) is 26.3. The number of hydrogen-bond acceptors (Lipinski definition) is 3. The van der Waals surface area contributed by atoms with Crippen LogP contribution >= 0.6 is 0 Å². The molecule has 0 fully saturated rings. The fourth-order valence-corrected chi connectivity index (χ4v) is 5.11. The van der Waals surface area contributed by atoms with Gasteiger partial charge in [0.1, 0.15) is 0 Å². The number of pyridine rings is 1. The van der Waals surface area contributed by atoms with Crippen LogP contribution in [0, 0.1) is 12.0 Å². The molecule has 0 aliphatic carbocycles. The number of hydrogen-bond donors (Lipinski definition) is 1. The van der Waals surface area contributed by atoms with E-state index in [9.17, 15) is 4.79 Å². The molecule has 3 nitrogen and oxygen atoms in total. The smallest absolute Gasteiger partial charge is 0.155 e. The van der Waals surface area contributed by atoms with Crippen LogP contribution in [0.15, 0.2) is 115 Å². The summed E-state index contributed by atoms with van der Waals surface area (Å²) in [5.41, 5.74) is 3.16. The maximum absolute atomic E-state index is 10.0. The topological polar surface area (TPSA) is 50.2 Å². The van der Waals surface area contributed by atoms with E-state index in [2.05, 4.69) is 62.4 Å². The van der Waals surface area contributed by atoms with Crippen LogP contribution in [-0.4, -0.2) is 15.9 Å². The minimum absolute atomic E-state index is 0. The first-order valence-corrected chi connectivity index (χ1v) is 13.6. The van der Waals surface area contributed by atoms with Crippen molar-refractivity contribution < 1.29 is 36.9 Å². The van der Waals surface area contributed by atoms with Gasteiger partial charge in [0.05, 0.1) is 12.6 Å². The fourth-order valence-electron chi connectivity index (χ4n) is 5.11. The number of carbonyl (C=O) groups excluding carboxylic acids is 1. The van der Waals surface area contributed by atoms with E-state index < -0.39 is 6.04 Å². The van der Waals surface area contributed by atoms with E-state index in [1.54, 1.807) is 6.20 Å². The van der Waals surface area contributed by atoms with Gasteiger partial charge in [-0.2, -0.15) is 0 Å². The van der Waals surface area contributed by atoms with Crippen LogP contribution in [0.25, 0.3) is 54.7 Å². The molecule has 1 N–H and O–H groups in total. The monoisotopic (exact) mass is 734 g/mol. The van der Waals surface area contributed by atoms with Crippen molar-refractivity contribution in [1.29, 1.82) is 0 Å². The molecule has 6 rings (SSSR count). The van der Waals surface area contributed by atoms with Gasteiger partial charge in [0.15, 0.2) is 5.78 Å². The largest absolute Gasteiger partial charge is 0.512 e. The van der Waals surface area contributed by atoms with E-state index in [0.29, 0.717) is 11.5 Å². The van der Waals surface area contributed by atoms with E-state index in [1.165, 1.54) is 36.1 Å². The second-order valence-electron chi connectivity index (χ2n) is 10.5. The molecule has 0 saturated carbocycles. The van der Waals surface area contributed by atoms with Gasteiger partial charge in [0.25, 0.3) is 0 Å². The summed E-state index contributed by atoms with van der Waals surface area (Å²) in [6, 6.07) is 24.7. The first kappa shape index (κ1) is 24.5. The third-order valence-electron chi connectivity index (χ3n) is 6.68. The Bertz CT molecular complexity index is 2150. The molecule has 1 radical (unpaired) electrons. The van der Waals surface area contributed by atoms with Gasteiger partial charge in [-0.1, -0.05) is 92.6 Å². The van der Waals surface area contributed by atoms with Crippen LogP contribution in [-0.2, 0) is 31.3 Å². The van der Waals surface area contributed by atoms with Crippen molar-refractivity contribution in [3.8, 4) is 22.4 Å². The van der Waals surface area contributed by atoms with E-state index >= 15 is 0 Å². The Balaban J connectivity index is 0.000000565. The molecule has 213 valence electrons. The van der Waals surface area contributed by atoms with Gasteiger partial charge in [-0.25, -0.2) is 0 Å². The maximum Gasteiger partial charge on any atom is 0.155 e. The van der Waals surface area contributed by atoms with Crippen molar-refractivity contribution in [2.75, 3.05) is 0 Å². The molecular weight excluding hydrogens is 695 g/mol. The van der Waals surface area contributed by atoms with Crippen LogP contribution in [0.1, 0.15) is 40.1 Å². The van der Waals surface area contributed by atoms with E-state index in [0.717, 1.165) is 39.4 Å². The number of fused-ring (bicyclic) bond motifs is 5. The zero-order chi connectivity index (χ0) is 33.3. The molecule has 0 unspecified atom stereocenters. The molecule has 0 aliphatic rings. The summed E-state index contributed by atoms with van der Waals surface area (Å²) in [5, 5.41) is 15.1. The minimum atomic E-state index is -0.394. The van der Waals surface area contributed by atoms with Gasteiger partial charge in [-0.15, -0.1) is 34.9 Å². The average Bonchev–Trinajstić information content (AvgIpc) is 3.01. The zero-order valence-electron chi connectivity index (χ0n) is 28.9. The number of rotatable bonds is 5. The number of benzene rings is 5. The van der Waals surface area contributed by atoms with Crippen molar-refractivity contribution in [2.24, 2.45) is 5.92 Å². The summed E-state index contributed by atoms with van der Waals surface area (Å²) < 4.78 is 41.5. The molecule has 0 bridgehead atoms. The van der Waals surface area contributed by atoms with Crippen LogP contribution in [0.3, 0.4) is 0 Å². The SMILES string of the molecule is CC(=O)/C=C(/C)O.[2H]c1c([2H])c([2H])c(-c2cc(CC(C)C)[c-]c(-c3nccc4c3ccc3c5ccccc5ccc43)c2)c([2H])c1[2H].[Ir]. The van der Waals surface area contributed by atoms with Gasteiger partial charge in [-0.3, -0.25) is 4.79 Å². The third-order valence-corrected chi connectivity index (χ3v) is 6.68. The summed E-state index contributed by atoms with van der Waals surface area (Å²) >= 11 is 0. The Morgan fingerprint density at radius 2 is 1.55 bits per heavy atom. The summed E-state index contributed by atoms with van der Waals surface area (Å²) in [5.74, 6) is 0.287. The second kappa shape index (κ2) is 13.7. The van der Waals surface area contributed by atoms with Gasteiger partial charge >= 0.3 is 0 Å². The Morgan fingerprint density at radius 3 is 2.24 bits per heavy atom. The van der Waals surface area contributed by atoms with Crippen molar-refractivity contribution >= 4 is 38.1 Å². The normalized spacial score (nSPS) is 13.0. The fraction of sp³-hybridized carbons (Fsp3) is 0.158. The Morgan fingerprint density at radius 1 is 0.881 bits per heavy atom. The van der Waals surface area contributed by atoms with Crippen molar-refractivity contribution in [1.82, 2.24) is 4.98 Å². The number of aliphatic hydroxyl groups excluding tert-OH is 1. The molecule has 0 saturated heterocycles. The van der Waals surface area contributed by atoms with Crippen LogP contribution in [0.5, 0.6) is 0 Å². The predicted molar refractivity (Wildman–Crippen MR) is 172 cm³/mol. The van der Waals surface area contributed by atoms with E-state index in [-0.39, 0.29) is 61.4 Å². The van der Waals surface area contributed by atoms with E-state index in [1.807, 2.05) is 24.3 Å². The van der Waals surface area contributed by atoms with Gasteiger partial charge in [0, 0.05) is 32.4 Å². The van der Waals surface area contributed by atoms with Crippen LogP contribution in [0.2, 0.25) is 0 Å². The van der Waals surface area contributed by atoms with Gasteiger partial charge in [0.2, 0.25) is 0 Å². The molecule has 0 amide bonds. The Hall–Kier alpha value is -4.11. The summed E-state index contributed by atoms with van der Waals surface area (Å²) in [6.45, 7) is 7.09. The minimum Gasteiger partial charge on any atom is -0.512 e. The summed E-state index contributed by atoms with van der Waals surface area (Å²) in [6.07, 6.45) is 3.71. The first-order chi connectivity index (χ1) is 21.9. The number of aliphatic hydroxyl groups is 1. The molecule has 6 aromatic rings. The molecule has 4 heteroatoms. The van der Waals surface area contributed by atoms with Gasteiger partial charge < -0.3 is 10.1 Å². The number of allylic oxidation sites excluding steroid dienone is 2. The molecule has 5 aromatic carbocycles. The van der Waals surface area contributed by atoms with Crippen LogP contribution in [0.4, 0.5) is 0 Å². The summed E-state index contributed by atoms with van der Waals surface area (Å²) in [7, 11) is 0. The van der Waals surface area contributed by atoms with Crippen molar-refractivity contribution in [3.63, 3.8) is 0 Å². The van der Waals surface area contributed by atoms with Crippen molar-refractivity contribution in [2.45, 2.75) is 34.1 Å². The number of carbonyl (C=O) groups is 1. The Labute approximate surface area is 268 Å². The number of nitrogens with zero attached hydrogens (tertiary/aromatic N) is 1. The molecular formula is C38H34IrNO2-. The first-order valence-electron chi connectivity index (χ1n) is 16.1. The maximum atomic E-state index is 10.0. The standard InChI is InChI=1S/C33H26N.C5H8O2.Ir/c1-22(2)18-23-19-26(24-8-4-3-5-9-24)21-27(20-23)33-32-15-14-29-28-11-7-6-10-25(28)12-13-30(29)31(32)16-17-34-33;1-4(6)3-5(2)7;/h3-17,19,21-22H,18H2,1-2H3;3,6H,1-2H3;/q-1;;/b;4-3-;/i3D,4D,5D,8D,9D;;. The molecule has 1 aromatic heterocycles. The molecule has 42 heavy (non-hydrogen) atoms.